The topological polar surface area (TPSA) is 74.7 Å². The molecule has 1 aromatic carbocycles. The van der Waals surface area contributed by atoms with Crippen LogP contribution in [-0.4, -0.2) is 33.8 Å². The molecule has 1 aliphatic carbocycles. The van der Waals surface area contributed by atoms with Gasteiger partial charge in [-0.15, -0.1) is 0 Å². The van der Waals surface area contributed by atoms with E-state index in [2.05, 4.69) is 0 Å². The number of rotatable bonds is 2. The average molecular weight is 293 g/mol. The van der Waals surface area contributed by atoms with Crippen molar-refractivity contribution in [2.75, 3.05) is 0 Å². The monoisotopic (exact) mass is 293 g/mol. The molecule has 0 spiro atoms. The smallest absolute Gasteiger partial charge is 0.310 e. The zero-order valence-corrected chi connectivity index (χ0v) is 10.5. The molecule has 0 saturated heterocycles. The van der Waals surface area contributed by atoms with Crippen molar-refractivity contribution in [2.24, 2.45) is 5.92 Å². The fraction of sp³-hybridized carbons (Fsp3) is 0.214. The molecule has 5 nitrogen and oxygen atoms in total. The highest BCUT2D eigenvalue weighted by molar-refractivity contribution is 6.21. The number of carboxylic acid groups (broad SMARTS) is 1. The van der Waals surface area contributed by atoms with Gasteiger partial charge in [0, 0.05) is 0 Å². The van der Waals surface area contributed by atoms with Crippen LogP contribution >= 0.6 is 0 Å². The minimum absolute atomic E-state index is 0.0613. The van der Waals surface area contributed by atoms with Gasteiger partial charge < -0.3 is 5.11 Å². The molecule has 1 aromatic rings. The number of benzene rings is 1. The van der Waals surface area contributed by atoms with E-state index in [-0.39, 0.29) is 17.5 Å². The van der Waals surface area contributed by atoms with E-state index in [0.717, 1.165) is 4.90 Å². The number of amides is 2. The first-order valence-corrected chi connectivity index (χ1v) is 6.18. The molecule has 0 radical (unpaired) electrons. The van der Waals surface area contributed by atoms with Gasteiger partial charge >= 0.3 is 5.97 Å². The molecule has 2 atom stereocenters. The van der Waals surface area contributed by atoms with Gasteiger partial charge in [0.1, 0.15) is 0 Å². The number of fused-ring (bicyclic) bond motifs is 1. The standard InChI is InChI=1S/C14H9F2NO4/c15-10-4-8-9(5-11(10)16)13(19)17(12(8)18)7-2-1-6(3-7)14(20)21/h1-2,4-7H,3H2,(H,20,21). The van der Waals surface area contributed by atoms with Crippen LogP contribution in [0.5, 0.6) is 0 Å². The van der Waals surface area contributed by atoms with Gasteiger partial charge in [-0.05, 0) is 18.6 Å². The van der Waals surface area contributed by atoms with Gasteiger partial charge in [0.15, 0.2) is 11.6 Å². The van der Waals surface area contributed by atoms with E-state index in [9.17, 15) is 23.2 Å². The summed E-state index contributed by atoms with van der Waals surface area (Å²) in [7, 11) is 0. The number of halogens is 2. The molecule has 1 aliphatic heterocycles. The van der Waals surface area contributed by atoms with E-state index in [1.165, 1.54) is 12.2 Å². The number of hydrogen-bond acceptors (Lipinski definition) is 3. The van der Waals surface area contributed by atoms with Gasteiger partial charge in [0.2, 0.25) is 0 Å². The summed E-state index contributed by atoms with van der Waals surface area (Å²) in [6, 6.07) is 0.667. The predicted octanol–water partition coefficient (Wildman–Crippen LogP) is 1.59. The van der Waals surface area contributed by atoms with Crippen molar-refractivity contribution in [2.45, 2.75) is 12.5 Å². The lowest BCUT2D eigenvalue weighted by atomic mass is 10.1. The van der Waals surface area contributed by atoms with Gasteiger partial charge in [-0.3, -0.25) is 19.3 Å². The van der Waals surface area contributed by atoms with Gasteiger partial charge in [-0.25, -0.2) is 8.78 Å². The number of aliphatic carboxylic acids is 1. The van der Waals surface area contributed by atoms with Crippen LogP contribution in [0.15, 0.2) is 24.3 Å². The van der Waals surface area contributed by atoms with Crippen LogP contribution in [0, 0.1) is 17.6 Å². The van der Waals surface area contributed by atoms with Gasteiger partial charge in [0.25, 0.3) is 11.8 Å². The van der Waals surface area contributed by atoms with Crippen LogP contribution in [0.1, 0.15) is 27.1 Å². The lowest BCUT2D eigenvalue weighted by Gasteiger charge is -2.20. The number of hydrogen-bond donors (Lipinski definition) is 1. The van der Waals surface area contributed by atoms with Crippen LogP contribution in [0.2, 0.25) is 0 Å². The summed E-state index contributed by atoms with van der Waals surface area (Å²) in [5.41, 5.74) is -0.405. The minimum atomic E-state index is -1.21. The summed E-state index contributed by atoms with van der Waals surface area (Å²) < 4.78 is 26.4. The molecule has 21 heavy (non-hydrogen) atoms. The zero-order valence-electron chi connectivity index (χ0n) is 10.5. The zero-order chi connectivity index (χ0) is 15.3. The van der Waals surface area contributed by atoms with E-state index in [1.807, 2.05) is 0 Å². The summed E-state index contributed by atoms with van der Waals surface area (Å²) in [5, 5.41) is 8.91. The molecule has 7 heteroatoms. The van der Waals surface area contributed by atoms with Crippen molar-refractivity contribution in [3.8, 4) is 0 Å². The van der Waals surface area contributed by atoms with Crippen molar-refractivity contribution < 1.29 is 28.3 Å². The Morgan fingerprint density at radius 3 is 2.05 bits per heavy atom. The third-order valence-electron chi connectivity index (χ3n) is 3.67. The third kappa shape index (κ3) is 1.93. The Hall–Kier alpha value is -2.57. The second kappa shape index (κ2) is 4.47. The molecular weight excluding hydrogens is 284 g/mol. The van der Waals surface area contributed by atoms with Gasteiger partial charge in [-0.1, -0.05) is 12.2 Å². The second-order valence-corrected chi connectivity index (χ2v) is 4.92. The third-order valence-corrected chi connectivity index (χ3v) is 3.67. The molecule has 1 N–H and O–H groups in total. The number of imide groups is 1. The highest BCUT2D eigenvalue weighted by Gasteiger charge is 2.42. The van der Waals surface area contributed by atoms with Gasteiger partial charge in [0.05, 0.1) is 23.1 Å². The minimum Gasteiger partial charge on any atom is -0.481 e. The van der Waals surface area contributed by atoms with Crippen LogP contribution in [0.25, 0.3) is 0 Å². The van der Waals surface area contributed by atoms with Crippen molar-refractivity contribution in [3.63, 3.8) is 0 Å². The number of carboxylic acids is 1. The second-order valence-electron chi connectivity index (χ2n) is 4.92. The highest BCUT2D eigenvalue weighted by Crippen LogP contribution is 2.31. The number of carbonyl (C=O) groups excluding carboxylic acids is 2. The molecule has 2 amide bonds. The predicted molar refractivity (Wildman–Crippen MR) is 65.5 cm³/mol. The summed E-state index contributed by atoms with van der Waals surface area (Å²) in [4.78, 5) is 36.1. The normalized spacial score (nSPS) is 23.8. The summed E-state index contributed by atoms with van der Waals surface area (Å²) in [6.45, 7) is 0. The molecule has 3 rings (SSSR count). The maximum atomic E-state index is 13.2. The quantitative estimate of drug-likeness (QED) is 0.663. The van der Waals surface area contributed by atoms with Crippen LogP contribution in [0.4, 0.5) is 8.78 Å². The van der Waals surface area contributed by atoms with Crippen LogP contribution in [-0.2, 0) is 4.79 Å². The Morgan fingerprint density at radius 1 is 1.10 bits per heavy atom. The fourth-order valence-corrected chi connectivity index (χ4v) is 2.61. The number of nitrogens with zero attached hydrogens (tertiary/aromatic N) is 1. The molecule has 2 unspecified atom stereocenters. The van der Waals surface area contributed by atoms with Gasteiger partial charge in [-0.2, -0.15) is 0 Å². The van der Waals surface area contributed by atoms with E-state index >= 15 is 0 Å². The maximum Gasteiger partial charge on any atom is 0.310 e. The Labute approximate surface area is 117 Å². The van der Waals surface area contributed by atoms with Crippen LogP contribution < -0.4 is 0 Å². The first-order chi connectivity index (χ1) is 9.90. The molecule has 108 valence electrons. The van der Waals surface area contributed by atoms with Crippen molar-refractivity contribution in [1.29, 1.82) is 0 Å². The Kier molecular flexibility index (Phi) is 2.86. The van der Waals surface area contributed by atoms with Crippen LogP contribution in [0.3, 0.4) is 0 Å². The largest absolute Gasteiger partial charge is 0.481 e. The van der Waals surface area contributed by atoms with Crippen molar-refractivity contribution in [1.82, 2.24) is 4.90 Å². The molecule has 0 fully saturated rings. The molecule has 2 aliphatic rings. The molecule has 1 heterocycles. The van der Waals surface area contributed by atoms with E-state index in [4.69, 9.17) is 5.11 Å². The summed E-state index contributed by atoms with van der Waals surface area (Å²) in [5.74, 6) is -5.73. The first-order valence-electron chi connectivity index (χ1n) is 6.18. The Bertz CT molecular complexity index is 672. The SMILES string of the molecule is O=C(O)C1C=CC(N2C(=O)c3cc(F)c(F)cc3C2=O)C1. The molecule has 0 aromatic heterocycles. The molecule has 0 saturated carbocycles. The summed E-state index contributed by atoms with van der Waals surface area (Å²) in [6.07, 6.45) is 2.91. The lowest BCUT2D eigenvalue weighted by molar-refractivity contribution is -0.140. The maximum absolute atomic E-state index is 13.2. The first kappa shape index (κ1) is 13.4. The highest BCUT2D eigenvalue weighted by atomic mass is 19.2. The Morgan fingerprint density at radius 2 is 1.62 bits per heavy atom. The Balaban J connectivity index is 1.94. The van der Waals surface area contributed by atoms with E-state index < -0.39 is 41.4 Å². The van der Waals surface area contributed by atoms with Crippen molar-refractivity contribution >= 4 is 17.8 Å². The molecule has 0 bridgehead atoms. The average Bonchev–Trinajstić information content (AvgIpc) is 2.98. The summed E-state index contributed by atoms with van der Waals surface area (Å²) >= 11 is 0. The van der Waals surface area contributed by atoms with E-state index in [1.54, 1.807) is 0 Å². The fourth-order valence-electron chi connectivity index (χ4n) is 2.61. The van der Waals surface area contributed by atoms with E-state index in [0.29, 0.717) is 12.1 Å². The number of carbonyl (C=O) groups is 3. The van der Waals surface area contributed by atoms with Crippen molar-refractivity contribution in [3.05, 3.63) is 47.0 Å². The molecular formula is C14H9F2NO4. The lowest BCUT2D eigenvalue weighted by Crippen LogP contribution is -2.38.